The van der Waals surface area contributed by atoms with E-state index in [1.807, 2.05) is 60.7 Å². The molecule has 170 valence electrons. The molecule has 2 aromatic rings. The molecule has 0 aromatic heterocycles. The van der Waals surface area contributed by atoms with Gasteiger partial charge in [0.25, 0.3) is 0 Å². The highest BCUT2D eigenvalue weighted by Crippen LogP contribution is 2.28. The smallest absolute Gasteiger partial charge is 0.329 e. The van der Waals surface area contributed by atoms with E-state index >= 15 is 0 Å². The fourth-order valence-electron chi connectivity index (χ4n) is 4.02. The predicted octanol–water partition coefficient (Wildman–Crippen LogP) is 3.37. The monoisotopic (exact) mass is 456 g/mol. The number of amides is 2. The average Bonchev–Trinajstić information content (AvgIpc) is 3.36. The zero-order valence-corrected chi connectivity index (χ0v) is 18.7. The molecule has 0 saturated heterocycles. The molecule has 0 spiro atoms. The number of benzene rings is 2. The molecule has 0 aliphatic heterocycles. The number of alkyl halides is 1. The van der Waals surface area contributed by atoms with Crippen LogP contribution in [0.5, 0.6) is 0 Å². The van der Waals surface area contributed by atoms with Gasteiger partial charge in [-0.1, -0.05) is 73.5 Å². The summed E-state index contributed by atoms with van der Waals surface area (Å²) in [6.07, 6.45) is 4.02. The van der Waals surface area contributed by atoms with Crippen molar-refractivity contribution in [1.82, 2.24) is 10.6 Å². The SMILES string of the molecule is O=C(CCl)N[C@H](Cc1ccccc1)C(=O)NC(C(=O)OCc1ccccc1)C1CCCC1. The van der Waals surface area contributed by atoms with Crippen LogP contribution in [0.2, 0.25) is 0 Å². The van der Waals surface area contributed by atoms with Crippen LogP contribution in [-0.4, -0.2) is 35.7 Å². The van der Waals surface area contributed by atoms with Crippen molar-refractivity contribution in [3.05, 3.63) is 71.8 Å². The minimum Gasteiger partial charge on any atom is -0.459 e. The second-order valence-corrected chi connectivity index (χ2v) is 8.33. The summed E-state index contributed by atoms with van der Waals surface area (Å²) in [7, 11) is 0. The number of carbonyl (C=O) groups is 3. The van der Waals surface area contributed by atoms with Gasteiger partial charge in [-0.05, 0) is 29.9 Å². The standard InChI is InChI=1S/C25H29ClN2O4/c26-16-22(29)27-21(15-18-9-3-1-4-10-18)24(30)28-23(20-13-7-8-14-20)25(31)32-17-19-11-5-2-6-12-19/h1-6,9-12,20-21,23H,7-8,13-17H2,(H,27,29)(H,28,30)/t21-,23?/m1/s1. The lowest BCUT2D eigenvalue weighted by molar-refractivity contribution is -0.151. The lowest BCUT2D eigenvalue weighted by atomic mass is 9.97. The Labute approximate surface area is 193 Å². The van der Waals surface area contributed by atoms with Gasteiger partial charge in [-0.25, -0.2) is 4.79 Å². The highest BCUT2D eigenvalue weighted by atomic mass is 35.5. The summed E-state index contributed by atoms with van der Waals surface area (Å²) >= 11 is 5.65. The van der Waals surface area contributed by atoms with E-state index < -0.39 is 29.9 Å². The number of halogens is 1. The first-order valence-corrected chi connectivity index (χ1v) is 11.5. The zero-order chi connectivity index (χ0) is 22.8. The number of hydrogen-bond donors (Lipinski definition) is 2. The summed E-state index contributed by atoms with van der Waals surface area (Å²) in [5.74, 6) is -1.53. The van der Waals surface area contributed by atoms with E-state index in [2.05, 4.69) is 10.6 Å². The minimum atomic E-state index is -0.838. The second kappa shape index (κ2) is 12.2. The van der Waals surface area contributed by atoms with Gasteiger partial charge in [0.05, 0.1) is 0 Å². The molecule has 2 N–H and O–H groups in total. The summed E-state index contributed by atoms with van der Waals surface area (Å²) in [6.45, 7) is 0.148. The Bertz CT molecular complexity index is 885. The number of esters is 1. The molecular formula is C25H29ClN2O4. The van der Waals surface area contributed by atoms with E-state index in [-0.39, 0.29) is 18.4 Å². The van der Waals surface area contributed by atoms with Crippen LogP contribution in [0.3, 0.4) is 0 Å². The molecule has 1 aliphatic rings. The first-order chi connectivity index (χ1) is 15.6. The molecule has 0 radical (unpaired) electrons. The Morgan fingerprint density at radius 2 is 1.50 bits per heavy atom. The molecule has 2 atom stereocenters. The van der Waals surface area contributed by atoms with Gasteiger partial charge in [0.15, 0.2) is 0 Å². The fraction of sp³-hybridized carbons (Fsp3) is 0.400. The van der Waals surface area contributed by atoms with Crippen LogP contribution in [0.1, 0.15) is 36.8 Å². The molecule has 32 heavy (non-hydrogen) atoms. The Kier molecular flexibility index (Phi) is 9.11. The topological polar surface area (TPSA) is 84.5 Å². The van der Waals surface area contributed by atoms with Crippen LogP contribution in [-0.2, 0) is 32.1 Å². The number of hydrogen-bond acceptors (Lipinski definition) is 4. The van der Waals surface area contributed by atoms with E-state index in [0.717, 1.165) is 36.8 Å². The van der Waals surface area contributed by atoms with Crippen molar-refractivity contribution >= 4 is 29.4 Å². The van der Waals surface area contributed by atoms with Gasteiger partial charge in [-0.15, -0.1) is 11.6 Å². The highest BCUT2D eigenvalue weighted by Gasteiger charge is 2.35. The van der Waals surface area contributed by atoms with E-state index in [1.54, 1.807) is 0 Å². The van der Waals surface area contributed by atoms with E-state index in [1.165, 1.54) is 0 Å². The quantitative estimate of drug-likeness (QED) is 0.424. The molecule has 1 saturated carbocycles. The fourth-order valence-corrected chi connectivity index (χ4v) is 4.10. The molecule has 1 aliphatic carbocycles. The normalized spacial score (nSPS) is 15.5. The van der Waals surface area contributed by atoms with Gasteiger partial charge in [-0.3, -0.25) is 9.59 Å². The summed E-state index contributed by atoms with van der Waals surface area (Å²) < 4.78 is 5.54. The first kappa shape index (κ1) is 23.8. The van der Waals surface area contributed by atoms with E-state index in [0.29, 0.717) is 6.42 Å². The maximum absolute atomic E-state index is 13.2. The summed E-state index contributed by atoms with van der Waals surface area (Å²) in [5.41, 5.74) is 1.78. The molecular weight excluding hydrogens is 428 g/mol. The Morgan fingerprint density at radius 3 is 2.09 bits per heavy atom. The molecule has 0 bridgehead atoms. The van der Waals surface area contributed by atoms with Crippen molar-refractivity contribution in [2.24, 2.45) is 5.92 Å². The summed E-state index contributed by atoms with van der Waals surface area (Å²) in [6, 6.07) is 17.2. The van der Waals surface area contributed by atoms with Crippen molar-refractivity contribution in [2.45, 2.75) is 50.8 Å². The largest absolute Gasteiger partial charge is 0.459 e. The lowest BCUT2D eigenvalue weighted by Gasteiger charge is -2.26. The van der Waals surface area contributed by atoms with Crippen LogP contribution >= 0.6 is 11.6 Å². The third-order valence-electron chi connectivity index (χ3n) is 5.70. The van der Waals surface area contributed by atoms with Crippen molar-refractivity contribution in [2.75, 3.05) is 5.88 Å². The van der Waals surface area contributed by atoms with Gasteiger partial charge in [-0.2, -0.15) is 0 Å². The molecule has 6 nitrogen and oxygen atoms in total. The number of rotatable bonds is 10. The average molecular weight is 457 g/mol. The lowest BCUT2D eigenvalue weighted by Crippen LogP contribution is -2.54. The van der Waals surface area contributed by atoms with Crippen LogP contribution < -0.4 is 10.6 Å². The molecule has 2 amide bonds. The Hall–Kier alpha value is -2.86. The highest BCUT2D eigenvalue weighted by molar-refractivity contribution is 6.27. The molecule has 2 aromatic carbocycles. The van der Waals surface area contributed by atoms with Gasteiger partial charge in [0.2, 0.25) is 11.8 Å². The van der Waals surface area contributed by atoms with E-state index in [4.69, 9.17) is 16.3 Å². The summed E-state index contributed by atoms with van der Waals surface area (Å²) in [5, 5.41) is 5.55. The number of nitrogens with one attached hydrogen (secondary N) is 2. The summed E-state index contributed by atoms with van der Waals surface area (Å²) in [4.78, 5) is 38.1. The molecule has 1 unspecified atom stereocenters. The Morgan fingerprint density at radius 1 is 0.906 bits per heavy atom. The maximum atomic E-state index is 13.2. The van der Waals surface area contributed by atoms with Crippen LogP contribution in [0.15, 0.2) is 60.7 Å². The van der Waals surface area contributed by atoms with Crippen LogP contribution in [0, 0.1) is 5.92 Å². The minimum absolute atomic E-state index is 0.0170. The van der Waals surface area contributed by atoms with Crippen molar-refractivity contribution in [3.8, 4) is 0 Å². The number of ether oxygens (including phenoxy) is 1. The maximum Gasteiger partial charge on any atom is 0.329 e. The molecule has 3 rings (SSSR count). The van der Waals surface area contributed by atoms with Crippen molar-refractivity contribution < 1.29 is 19.1 Å². The molecule has 7 heteroatoms. The van der Waals surface area contributed by atoms with Crippen LogP contribution in [0.25, 0.3) is 0 Å². The van der Waals surface area contributed by atoms with Crippen molar-refractivity contribution in [1.29, 1.82) is 0 Å². The van der Waals surface area contributed by atoms with Gasteiger partial charge in [0.1, 0.15) is 24.6 Å². The van der Waals surface area contributed by atoms with Gasteiger partial charge in [0, 0.05) is 6.42 Å². The predicted molar refractivity (Wildman–Crippen MR) is 123 cm³/mol. The second-order valence-electron chi connectivity index (χ2n) is 8.07. The number of carbonyl (C=O) groups excluding carboxylic acids is 3. The first-order valence-electron chi connectivity index (χ1n) is 11.0. The molecule has 0 heterocycles. The van der Waals surface area contributed by atoms with Crippen LogP contribution in [0.4, 0.5) is 0 Å². The molecule has 1 fully saturated rings. The van der Waals surface area contributed by atoms with E-state index in [9.17, 15) is 14.4 Å². The third kappa shape index (κ3) is 7.09. The van der Waals surface area contributed by atoms with Gasteiger partial charge < -0.3 is 15.4 Å². The Balaban J connectivity index is 1.70. The van der Waals surface area contributed by atoms with Gasteiger partial charge >= 0.3 is 5.97 Å². The third-order valence-corrected chi connectivity index (χ3v) is 5.95. The zero-order valence-electron chi connectivity index (χ0n) is 18.0. The van der Waals surface area contributed by atoms with Crippen molar-refractivity contribution in [3.63, 3.8) is 0 Å².